The number of carbonyl (C=O) groups excluding carboxylic acids is 1. The van der Waals surface area contributed by atoms with Gasteiger partial charge in [-0.3, -0.25) is 9.59 Å². The van der Waals surface area contributed by atoms with Crippen molar-refractivity contribution in [2.24, 2.45) is 0 Å². The molecular formula is C13H26N2O3. The summed E-state index contributed by atoms with van der Waals surface area (Å²) < 4.78 is 0. The van der Waals surface area contributed by atoms with Gasteiger partial charge in [-0.25, -0.2) is 0 Å². The highest BCUT2D eigenvalue weighted by molar-refractivity contribution is 5.75. The van der Waals surface area contributed by atoms with Crippen LogP contribution in [-0.4, -0.2) is 36.6 Å². The Bertz CT molecular complexity index is 232. The van der Waals surface area contributed by atoms with E-state index in [1.807, 2.05) is 6.92 Å². The van der Waals surface area contributed by atoms with Gasteiger partial charge in [0.1, 0.15) is 0 Å². The van der Waals surface area contributed by atoms with Crippen LogP contribution in [0.3, 0.4) is 0 Å². The molecule has 18 heavy (non-hydrogen) atoms. The molecule has 1 amide bonds. The largest absolute Gasteiger partial charge is 0.480 e. The molecule has 0 aromatic rings. The Morgan fingerprint density at radius 2 is 1.50 bits per heavy atom. The molecule has 0 aromatic carbocycles. The molecule has 5 heteroatoms. The topological polar surface area (TPSA) is 78.4 Å². The zero-order valence-electron chi connectivity index (χ0n) is 11.3. The molecule has 106 valence electrons. The Morgan fingerprint density at radius 3 is 2.06 bits per heavy atom. The predicted octanol–water partition coefficient (Wildman–Crippen LogP) is 1.53. The van der Waals surface area contributed by atoms with E-state index in [4.69, 9.17) is 5.11 Å². The van der Waals surface area contributed by atoms with Crippen molar-refractivity contribution in [1.82, 2.24) is 10.6 Å². The van der Waals surface area contributed by atoms with E-state index in [-0.39, 0.29) is 12.5 Å². The first-order valence-corrected chi connectivity index (χ1v) is 6.86. The van der Waals surface area contributed by atoms with E-state index in [2.05, 4.69) is 10.6 Å². The van der Waals surface area contributed by atoms with Crippen molar-refractivity contribution in [2.45, 2.75) is 51.9 Å². The van der Waals surface area contributed by atoms with E-state index < -0.39 is 5.97 Å². The zero-order valence-corrected chi connectivity index (χ0v) is 11.3. The molecule has 0 radical (unpaired) electrons. The van der Waals surface area contributed by atoms with Gasteiger partial charge in [0.25, 0.3) is 0 Å². The average molecular weight is 258 g/mol. The minimum absolute atomic E-state index is 0.0527. The third-order valence-electron chi connectivity index (χ3n) is 2.70. The number of carboxylic acids is 1. The number of hydrogen-bond donors (Lipinski definition) is 3. The summed E-state index contributed by atoms with van der Waals surface area (Å²) in [6.45, 7) is 3.47. The van der Waals surface area contributed by atoms with E-state index in [1.165, 1.54) is 12.8 Å². The van der Waals surface area contributed by atoms with Gasteiger partial charge in [0.05, 0.1) is 6.54 Å². The van der Waals surface area contributed by atoms with Crippen LogP contribution in [0.4, 0.5) is 0 Å². The predicted molar refractivity (Wildman–Crippen MR) is 71.5 cm³/mol. The molecule has 3 N–H and O–H groups in total. The van der Waals surface area contributed by atoms with Gasteiger partial charge in [0.15, 0.2) is 0 Å². The smallest absolute Gasteiger partial charge is 0.317 e. The first-order valence-electron chi connectivity index (χ1n) is 6.86. The second-order valence-electron chi connectivity index (χ2n) is 4.40. The Kier molecular flexibility index (Phi) is 11.6. The maximum absolute atomic E-state index is 10.9. The summed E-state index contributed by atoms with van der Waals surface area (Å²) in [6.07, 6.45) is 7.27. The molecule has 0 aliphatic rings. The highest BCUT2D eigenvalue weighted by atomic mass is 16.4. The van der Waals surface area contributed by atoms with Crippen LogP contribution in [0.1, 0.15) is 51.9 Å². The lowest BCUT2D eigenvalue weighted by Gasteiger charge is -2.04. The highest BCUT2D eigenvalue weighted by Gasteiger charge is 1.96. The monoisotopic (exact) mass is 258 g/mol. The van der Waals surface area contributed by atoms with Crippen LogP contribution in [0.2, 0.25) is 0 Å². The van der Waals surface area contributed by atoms with Crippen LogP contribution in [0.25, 0.3) is 0 Å². The van der Waals surface area contributed by atoms with Gasteiger partial charge in [-0.15, -0.1) is 0 Å². The summed E-state index contributed by atoms with van der Waals surface area (Å²) >= 11 is 0. The Hall–Kier alpha value is -1.10. The van der Waals surface area contributed by atoms with Crippen LogP contribution in [-0.2, 0) is 9.59 Å². The van der Waals surface area contributed by atoms with Crippen LogP contribution in [0.5, 0.6) is 0 Å². The van der Waals surface area contributed by atoms with Crippen molar-refractivity contribution in [2.75, 3.05) is 19.6 Å². The molecule has 0 aromatic heterocycles. The third kappa shape index (κ3) is 13.0. The normalized spacial score (nSPS) is 10.3. The van der Waals surface area contributed by atoms with Gasteiger partial charge in [-0.1, -0.05) is 32.6 Å². The number of hydrogen-bond acceptors (Lipinski definition) is 3. The summed E-state index contributed by atoms with van der Waals surface area (Å²) in [7, 11) is 0. The number of carbonyl (C=O) groups is 2. The molecular weight excluding hydrogens is 232 g/mol. The average Bonchev–Trinajstić information content (AvgIpc) is 2.35. The minimum Gasteiger partial charge on any atom is -0.480 e. The molecule has 0 spiro atoms. The van der Waals surface area contributed by atoms with Crippen molar-refractivity contribution in [3.63, 3.8) is 0 Å². The summed E-state index contributed by atoms with van der Waals surface area (Å²) in [5.41, 5.74) is 0. The van der Waals surface area contributed by atoms with E-state index in [0.717, 1.165) is 38.8 Å². The van der Waals surface area contributed by atoms with Gasteiger partial charge in [-0.2, -0.15) is 0 Å². The summed E-state index contributed by atoms with van der Waals surface area (Å²) in [5, 5.41) is 14.1. The SMILES string of the molecule is CCC(=O)NCCCCCCCCNCC(=O)O. The maximum Gasteiger partial charge on any atom is 0.317 e. The van der Waals surface area contributed by atoms with Crippen LogP contribution < -0.4 is 10.6 Å². The quantitative estimate of drug-likeness (QED) is 0.464. The van der Waals surface area contributed by atoms with E-state index in [1.54, 1.807) is 0 Å². The van der Waals surface area contributed by atoms with Gasteiger partial charge in [0.2, 0.25) is 5.91 Å². The van der Waals surface area contributed by atoms with Crippen LogP contribution in [0, 0.1) is 0 Å². The molecule has 5 nitrogen and oxygen atoms in total. The second-order valence-corrected chi connectivity index (χ2v) is 4.40. The molecule has 0 rings (SSSR count). The summed E-state index contributed by atoms with van der Waals surface area (Å²) in [5.74, 6) is -0.677. The Labute approximate surface area is 109 Å². The zero-order chi connectivity index (χ0) is 13.6. The van der Waals surface area contributed by atoms with Crippen molar-refractivity contribution in [3.8, 4) is 0 Å². The Morgan fingerprint density at radius 1 is 0.944 bits per heavy atom. The van der Waals surface area contributed by atoms with E-state index in [0.29, 0.717) is 6.42 Å². The van der Waals surface area contributed by atoms with Gasteiger partial charge in [0, 0.05) is 13.0 Å². The van der Waals surface area contributed by atoms with Gasteiger partial charge < -0.3 is 15.7 Å². The number of aliphatic carboxylic acids is 1. The molecule has 0 unspecified atom stereocenters. The number of amides is 1. The molecule has 0 saturated carbocycles. The first-order chi connectivity index (χ1) is 8.66. The van der Waals surface area contributed by atoms with Crippen molar-refractivity contribution in [1.29, 1.82) is 0 Å². The number of rotatable bonds is 12. The fourth-order valence-electron chi connectivity index (χ4n) is 1.63. The number of nitrogens with one attached hydrogen (secondary N) is 2. The summed E-state index contributed by atoms with van der Waals surface area (Å²) in [6, 6.07) is 0. The van der Waals surface area contributed by atoms with Crippen LogP contribution >= 0.6 is 0 Å². The molecule has 0 aliphatic heterocycles. The first kappa shape index (κ1) is 16.9. The maximum atomic E-state index is 10.9. The molecule has 0 saturated heterocycles. The van der Waals surface area contributed by atoms with Crippen molar-refractivity contribution < 1.29 is 14.7 Å². The van der Waals surface area contributed by atoms with E-state index in [9.17, 15) is 9.59 Å². The van der Waals surface area contributed by atoms with E-state index >= 15 is 0 Å². The van der Waals surface area contributed by atoms with Gasteiger partial charge >= 0.3 is 5.97 Å². The third-order valence-corrected chi connectivity index (χ3v) is 2.70. The lowest BCUT2D eigenvalue weighted by atomic mass is 10.1. The fraction of sp³-hybridized carbons (Fsp3) is 0.846. The minimum atomic E-state index is -0.802. The Balaban J connectivity index is 3.03. The second kappa shape index (κ2) is 12.4. The number of carboxylic acid groups (broad SMARTS) is 1. The van der Waals surface area contributed by atoms with Crippen molar-refractivity contribution in [3.05, 3.63) is 0 Å². The molecule has 0 aliphatic carbocycles. The summed E-state index contributed by atoms with van der Waals surface area (Å²) in [4.78, 5) is 21.1. The van der Waals surface area contributed by atoms with Gasteiger partial charge in [-0.05, 0) is 19.4 Å². The lowest BCUT2D eigenvalue weighted by Crippen LogP contribution is -2.23. The molecule has 0 bridgehead atoms. The number of unbranched alkanes of at least 4 members (excludes halogenated alkanes) is 5. The fourth-order valence-corrected chi connectivity index (χ4v) is 1.63. The lowest BCUT2D eigenvalue weighted by molar-refractivity contribution is -0.136. The molecule has 0 fully saturated rings. The van der Waals surface area contributed by atoms with Crippen molar-refractivity contribution >= 4 is 11.9 Å². The highest BCUT2D eigenvalue weighted by Crippen LogP contribution is 2.04. The molecule has 0 heterocycles. The molecule has 0 atom stereocenters. The van der Waals surface area contributed by atoms with Crippen LogP contribution in [0.15, 0.2) is 0 Å². The standard InChI is InChI=1S/C13H26N2O3/c1-2-12(16)15-10-8-6-4-3-5-7-9-14-11-13(17)18/h14H,2-11H2,1H3,(H,15,16)(H,17,18).